The Morgan fingerprint density at radius 2 is 1.83 bits per heavy atom. The lowest BCUT2D eigenvalue weighted by molar-refractivity contribution is -0.122. The lowest BCUT2D eigenvalue weighted by atomic mass is 9.93. The highest BCUT2D eigenvalue weighted by atomic mass is 32.2. The van der Waals surface area contributed by atoms with Crippen LogP contribution in [0.25, 0.3) is 0 Å². The molecule has 134 valence electrons. The van der Waals surface area contributed by atoms with E-state index in [0.29, 0.717) is 12.2 Å². The zero-order chi connectivity index (χ0) is 18.2. The zero-order valence-electron chi connectivity index (χ0n) is 14.4. The molecule has 1 aromatic rings. The Bertz CT molecular complexity index is 539. The smallest absolute Gasteiger partial charge is 0.234 e. The number of carbonyl (C=O) groups excluding carboxylic acids is 2. The van der Waals surface area contributed by atoms with Crippen LogP contribution in [0.2, 0.25) is 0 Å². The Morgan fingerprint density at radius 3 is 2.33 bits per heavy atom. The van der Waals surface area contributed by atoms with Crippen LogP contribution in [0.4, 0.5) is 10.1 Å². The third-order valence-electron chi connectivity index (χ3n) is 4.09. The zero-order valence-corrected chi connectivity index (χ0v) is 15.2. The van der Waals surface area contributed by atoms with Crippen LogP contribution in [-0.2, 0) is 9.59 Å². The van der Waals surface area contributed by atoms with E-state index >= 15 is 0 Å². The second-order valence-electron chi connectivity index (χ2n) is 5.69. The summed E-state index contributed by atoms with van der Waals surface area (Å²) in [6.45, 7) is 6.13. The van der Waals surface area contributed by atoms with Crippen molar-refractivity contribution in [2.24, 2.45) is 5.73 Å². The first-order chi connectivity index (χ1) is 11.4. The van der Waals surface area contributed by atoms with Crippen LogP contribution < -0.4 is 16.4 Å². The van der Waals surface area contributed by atoms with E-state index in [0.717, 1.165) is 12.8 Å². The number of anilines is 1. The molecule has 5 nitrogen and oxygen atoms in total. The summed E-state index contributed by atoms with van der Waals surface area (Å²) in [5.74, 6) is -0.575. The number of thioether (sulfide) groups is 1. The van der Waals surface area contributed by atoms with Gasteiger partial charge in [-0.2, -0.15) is 0 Å². The van der Waals surface area contributed by atoms with Crippen molar-refractivity contribution < 1.29 is 14.0 Å². The average Bonchev–Trinajstić information content (AvgIpc) is 2.59. The number of hydrogen-bond acceptors (Lipinski definition) is 4. The molecule has 0 aliphatic carbocycles. The van der Waals surface area contributed by atoms with Crippen LogP contribution in [-0.4, -0.2) is 34.9 Å². The van der Waals surface area contributed by atoms with Gasteiger partial charge in [-0.05, 0) is 44.0 Å². The molecule has 4 N–H and O–H groups in total. The van der Waals surface area contributed by atoms with Gasteiger partial charge >= 0.3 is 0 Å². The molecule has 0 fully saturated rings. The summed E-state index contributed by atoms with van der Waals surface area (Å²) in [5, 5.41) is 5.30. The maximum atomic E-state index is 12.8. The Hall–Kier alpha value is -1.60. The van der Waals surface area contributed by atoms with E-state index < -0.39 is 0 Å². The van der Waals surface area contributed by atoms with Crippen LogP contribution in [0, 0.1) is 5.82 Å². The first kappa shape index (κ1) is 20.4. The Labute approximate surface area is 146 Å². The van der Waals surface area contributed by atoms with Gasteiger partial charge in [0.2, 0.25) is 11.8 Å². The van der Waals surface area contributed by atoms with E-state index in [1.165, 1.54) is 36.0 Å². The fraction of sp³-hybridized carbons (Fsp3) is 0.529. The highest BCUT2D eigenvalue weighted by molar-refractivity contribution is 8.01. The van der Waals surface area contributed by atoms with Crippen molar-refractivity contribution in [2.75, 3.05) is 17.6 Å². The van der Waals surface area contributed by atoms with Gasteiger partial charge in [0, 0.05) is 12.2 Å². The summed E-state index contributed by atoms with van der Waals surface area (Å²) in [6, 6.07) is 5.54. The molecule has 1 rings (SSSR count). The second kappa shape index (κ2) is 9.64. The first-order valence-corrected chi connectivity index (χ1v) is 9.09. The van der Waals surface area contributed by atoms with E-state index in [1.54, 1.807) is 6.92 Å². The molecule has 0 heterocycles. The molecule has 2 amide bonds. The summed E-state index contributed by atoms with van der Waals surface area (Å²) in [4.78, 5) is 24.2. The van der Waals surface area contributed by atoms with Gasteiger partial charge in [-0.1, -0.05) is 13.8 Å². The number of carbonyl (C=O) groups is 2. The molecule has 1 atom stereocenters. The van der Waals surface area contributed by atoms with Crippen molar-refractivity contribution in [3.63, 3.8) is 0 Å². The van der Waals surface area contributed by atoms with Crippen molar-refractivity contribution in [3.05, 3.63) is 30.1 Å². The first-order valence-electron chi connectivity index (χ1n) is 8.05. The molecule has 7 heteroatoms. The second-order valence-corrected chi connectivity index (χ2v) is 7.02. The predicted molar refractivity (Wildman–Crippen MR) is 97.5 cm³/mol. The number of nitrogens with two attached hydrogens (primary N) is 1. The number of rotatable bonds is 9. The molecule has 1 aromatic carbocycles. The predicted octanol–water partition coefficient (Wildman–Crippen LogP) is 2.52. The minimum Gasteiger partial charge on any atom is -0.348 e. The van der Waals surface area contributed by atoms with E-state index in [1.807, 2.05) is 13.8 Å². The van der Waals surface area contributed by atoms with Crippen molar-refractivity contribution in [2.45, 2.75) is 44.4 Å². The molecule has 0 saturated carbocycles. The monoisotopic (exact) mass is 355 g/mol. The molecule has 0 aromatic heterocycles. The normalized spacial score (nSPS) is 12.5. The Kier molecular flexibility index (Phi) is 8.21. The van der Waals surface area contributed by atoms with Crippen LogP contribution in [0.5, 0.6) is 0 Å². The number of benzene rings is 1. The van der Waals surface area contributed by atoms with Gasteiger partial charge in [-0.3, -0.25) is 9.59 Å². The van der Waals surface area contributed by atoms with Crippen molar-refractivity contribution >= 4 is 29.3 Å². The maximum absolute atomic E-state index is 12.8. The van der Waals surface area contributed by atoms with Gasteiger partial charge in [0.25, 0.3) is 0 Å². The molecular weight excluding hydrogens is 329 g/mol. The van der Waals surface area contributed by atoms with Crippen LogP contribution >= 0.6 is 11.8 Å². The fourth-order valence-corrected chi connectivity index (χ4v) is 2.82. The number of hydrogen-bond donors (Lipinski definition) is 3. The maximum Gasteiger partial charge on any atom is 0.234 e. The lowest BCUT2D eigenvalue weighted by Crippen LogP contribution is -2.54. The van der Waals surface area contributed by atoms with Crippen LogP contribution in [0.3, 0.4) is 0 Å². The summed E-state index contributed by atoms with van der Waals surface area (Å²) in [7, 11) is 0. The minimum atomic E-state index is -0.387. The van der Waals surface area contributed by atoms with Crippen molar-refractivity contribution in [1.29, 1.82) is 0 Å². The third kappa shape index (κ3) is 6.13. The van der Waals surface area contributed by atoms with Gasteiger partial charge in [0.1, 0.15) is 5.82 Å². The largest absolute Gasteiger partial charge is 0.348 e. The molecule has 0 bridgehead atoms. The van der Waals surface area contributed by atoms with E-state index in [2.05, 4.69) is 10.6 Å². The van der Waals surface area contributed by atoms with Crippen molar-refractivity contribution in [1.82, 2.24) is 5.32 Å². The van der Waals surface area contributed by atoms with Crippen molar-refractivity contribution in [3.8, 4) is 0 Å². The molecule has 0 aliphatic heterocycles. The summed E-state index contributed by atoms with van der Waals surface area (Å²) in [6.07, 6.45) is 1.52. The average molecular weight is 355 g/mol. The van der Waals surface area contributed by atoms with Gasteiger partial charge in [0.05, 0.1) is 16.5 Å². The lowest BCUT2D eigenvalue weighted by Gasteiger charge is -2.32. The van der Waals surface area contributed by atoms with Gasteiger partial charge < -0.3 is 16.4 Å². The number of nitrogens with one attached hydrogen (secondary N) is 2. The summed E-state index contributed by atoms with van der Waals surface area (Å²) in [5.41, 5.74) is 5.92. The molecule has 1 unspecified atom stereocenters. The molecule has 0 saturated heterocycles. The van der Waals surface area contributed by atoms with Gasteiger partial charge in [-0.25, -0.2) is 4.39 Å². The highest BCUT2D eigenvalue weighted by Crippen LogP contribution is 2.17. The SMILES string of the molecule is CCC(CC)(CN)NC(=O)C(C)SCC(=O)Nc1ccc(F)cc1. The summed E-state index contributed by atoms with van der Waals surface area (Å²) < 4.78 is 12.8. The number of amides is 2. The van der Waals surface area contributed by atoms with E-state index in [4.69, 9.17) is 5.73 Å². The topological polar surface area (TPSA) is 84.2 Å². The molecule has 0 radical (unpaired) electrons. The molecule has 24 heavy (non-hydrogen) atoms. The minimum absolute atomic E-state index is 0.122. The van der Waals surface area contributed by atoms with E-state index in [9.17, 15) is 14.0 Å². The van der Waals surface area contributed by atoms with Crippen LogP contribution in [0.1, 0.15) is 33.6 Å². The van der Waals surface area contributed by atoms with Crippen LogP contribution in [0.15, 0.2) is 24.3 Å². The van der Waals surface area contributed by atoms with Gasteiger partial charge in [0.15, 0.2) is 0 Å². The quantitative estimate of drug-likeness (QED) is 0.635. The van der Waals surface area contributed by atoms with E-state index in [-0.39, 0.29) is 34.2 Å². The third-order valence-corrected chi connectivity index (χ3v) is 5.24. The molecule has 0 spiro atoms. The summed E-state index contributed by atoms with van der Waals surface area (Å²) >= 11 is 1.25. The molecule has 0 aliphatic rings. The Balaban J connectivity index is 2.46. The van der Waals surface area contributed by atoms with Gasteiger partial charge in [-0.15, -0.1) is 11.8 Å². The fourth-order valence-electron chi connectivity index (χ4n) is 2.14. The highest BCUT2D eigenvalue weighted by Gasteiger charge is 2.28. The standard InChI is InChI=1S/C17H26FN3O2S/c1-4-17(5-2,11-19)21-16(23)12(3)24-10-15(22)20-14-8-6-13(18)7-9-14/h6-9,12H,4-5,10-11,19H2,1-3H3,(H,20,22)(H,21,23). The Morgan fingerprint density at radius 1 is 1.25 bits per heavy atom. The number of halogens is 1. The molecular formula is C17H26FN3O2S.